The lowest BCUT2D eigenvalue weighted by Crippen LogP contribution is -2.28. The summed E-state index contributed by atoms with van der Waals surface area (Å²) in [4.78, 5) is 50.5. The summed E-state index contributed by atoms with van der Waals surface area (Å²) in [5.74, 6) is -1.26. The van der Waals surface area contributed by atoms with Gasteiger partial charge < -0.3 is 14.5 Å². The van der Waals surface area contributed by atoms with Crippen molar-refractivity contribution >= 4 is 35.5 Å². The van der Waals surface area contributed by atoms with Crippen molar-refractivity contribution in [3.05, 3.63) is 95.0 Å². The zero-order valence-corrected chi connectivity index (χ0v) is 17.7. The first-order chi connectivity index (χ1) is 16.0. The lowest BCUT2D eigenvalue weighted by molar-refractivity contribution is -0.137. The summed E-state index contributed by atoms with van der Waals surface area (Å²) >= 11 is 0. The minimum atomic E-state index is -0.473. The predicted octanol–water partition coefficient (Wildman–Crippen LogP) is 3.90. The van der Waals surface area contributed by atoms with Crippen LogP contribution in [0.4, 0.5) is 5.69 Å². The molecule has 0 spiro atoms. The van der Waals surface area contributed by atoms with Gasteiger partial charge in [-0.3, -0.25) is 19.3 Å². The number of anilines is 1. The van der Waals surface area contributed by atoms with Crippen molar-refractivity contribution in [1.29, 1.82) is 0 Å². The fraction of sp³-hybridized carbons (Fsp3) is 0.120. The lowest BCUT2D eigenvalue weighted by Gasteiger charge is -2.11. The Morgan fingerprint density at radius 1 is 1.03 bits per heavy atom. The number of amides is 3. The summed E-state index contributed by atoms with van der Waals surface area (Å²) in [7, 11) is 0. The molecule has 0 saturated heterocycles. The second-order valence-corrected chi connectivity index (χ2v) is 7.20. The van der Waals surface area contributed by atoms with Crippen molar-refractivity contribution in [2.45, 2.75) is 13.5 Å². The number of fused-ring (bicyclic) bond motifs is 1. The van der Waals surface area contributed by atoms with Crippen LogP contribution >= 0.6 is 0 Å². The van der Waals surface area contributed by atoms with Crippen molar-refractivity contribution in [3.8, 4) is 0 Å². The molecule has 8 heteroatoms. The molecule has 1 aliphatic rings. The van der Waals surface area contributed by atoms with Gasteiger partial charge in [-0.15, -0.1) is 0 Å². The Hall–Kier alpha value is -4.46. The Morgan fingerprint density at radius 2 is 1.79 bits per heavy atom. The van der Waals surface area contributed by atoms with Gasteiger partial charge in [-0.25, -0.2) is 4.79 Å². The monoisotopic (exact) mass is 444 g/mol. The number of carbonyl (C=O) groups is 4. The second-order valence-electron chi connectivity index (χ2n) is 7.20. The molecule has 0 bridgehead atoms. The Bertz CT molecular complexity index is 1240. The molecule has 0 atom stereocenters. The summed E-state index contributed by atoms with van der Waals surface area (Å²) in [5, 5.41) is 2.76. The highest BCUT2D eigenvalue weighted by Gasteiger charge is 2.36. The normalized spacial score (nSPS) is 12.8. The first-order valence-corrected chi connectivity index (χ1v) is 10.2. The highest BCUT2D eigenvalue weighted by molar-refractivity contribution is 6.22. The molecule has 3 aromatic rings. The van der Waals surface area contributed by atoms with E-state index in [-0.39, 0.29) is 23.2 Å². The van der Waals surface area contributed by atoms with E-state index in [2.05, 4.69) is 5.32 Å². The molecule has 8 nitrogen and oxygen atoms in total. The average molecular weight is 444 g/mol. The minimum Gasteiger partial charge on any atom is -0.467 e. The van der Waals surface area contributed by atoms with Gasteiger partial charge in [0.05, 0.1) is 30.5 Å². The van der Waals surface area contributed by atoms with Crippen molar-refractivity contribution in [2.24, 2.45) is 0 Å². The summed E-state index contributed by atoms with van der Waals surface area (Å²) < 4.78 is 10.1. The third-order valence-corrected chi connectivity index (χ3v) is 4.99. The van der Waals surface area contributed by atoms with Gasteiger partial charge >= 0.3 is 5.97 Å². The Balaban J connectivity index is 1.44. The van der Waals surface area contributed by atoms with Crippen molar-refractivity contribution in [1.82, 2.24) is 4.90 Å². The standard InChI is InChI=1S/C25H20N2O6/c1-2-32-22(28)12-7-16-5-9-18(10-6-16)26-23(29)17-8-11-20-21(14-17)25(31)27(24(20)30)15-19-4-3-13-33-19/h3-14H,2,15H2,1H3,(H,26,29)/b12-7+. The third kappa shape index (κ3) is 4.74. The first kappa shape index (κ1) is 21.8. The molecule has 0 unspecified atom stereocenters. The molecule has 1 aromatic heterocycles. The van der Waals surface area contributed by atoms with E-state index in [1.54, 1.807) is 49.4 Å². The number of ether oxygens (including phenoxy) is 1. The first-order valence-electron chi connectivity index (χ1n) is 10.2. The molecule has 33 heavy (non-hydrogen) atoms. The molecule has 0 saturated carbocycles. The number of nitrogens with one attached hydrogen (secondary N) is 1. The van der Waals surface area contributed by atoms with Crippen LogP contribution in [0.2, 0.25) is 0 Å². The number of nitrogens with zero attached hydrogens (tertiary/aromatic N) is 1. The van der Waals surface area contributed by atoms with Crippen molar-refractivity contribution in [2.75, 3.05) is 11.9 Å². The molecule has 2 heterocycles. The average Bonchev–Trinajstić information content (AvgIpc) is 3.41. The van der Waals surface area contributed by atoms with Crippen molar-refractivity contribution < 1.29 is 28.3 Å². The Kier molecular flexibility index (Phi) is 6.17. The summed E-state index contributed by atoms with van der Waals surface area (Å²) in [6.07, 6.45) is 4.41. The van der Waals surface area contributed by atoms with Gasteiger partial charge in [0, 0.05) is 17.3 Å². The van der Waals surface area contributed by atoms with Crippen LogP contribution in [0.3, 0.4) is 0 Å². The van der Waals surface area contributed by atoms with E-state index in [9.17, 15) is 19.2 Å². The SMILES string of the molecule is CCOC(=O)/C=C/c1ccc(NC(=O)c2ccc3c(c2)C(=O)N(Cc2ccco2)C3=O)cc1. The molecule has 1 aliphatic heterocycles. The highest BCUT2D eigenvalue weighted by Crippen LogP contribution is 2.26. The number of furan rings is 1. The van der Waals surface area contributed by atoms with E-state index >= 15 is 0 Å². The van der Waals surface area contributed by atoms with Gasteiger partial charge in [0.1, 0.15) is 5.76 Å². The molecule has 0 fully saturated rings. The van der Waals surface area contributed by atoms with Crippen molar-refractivity contribution in [3.63, 3.8) is 0 Å². The van der Waals surface area contributed by atoms with Crippen LogP contribution in [0.5, 0.6) is 0 Å². The maximum Gasteiger partial charge on any atom is 0.330 e. The zero-order valence-electron chi connectivity index (χ0n) is 17.7. The quantitative estimate of drug-likeness (QED) is 0.337. The molecule has 4 rings (SSSR count). The zero-order chi connectivity index (χ0) is 23.4. The molecular weight excluding hydrogens is 424 g/mol. The van der Waals surface area contributed by atoms with E-state index in [0.29, 0.717) is 18.1 Å². The fourth-order valence-electron chi connectivity index (χ4n) is 3.37. The van der Waals surface area contributed by atoms with Gasteiger partial charge in [-0.1, -0.05) is 12.1 Å². The number of esters is 1. The maximum atomic E-state index is 12.7. The van der Waals surface area contributed by atoms with Crippen LogP contribution in [0, 0.1) is 0 Å². The van der Waals surface area contributed by atoms with Gasteiger partial charge in [0.25, 0.3) is 17.7 Å². The number of carbonyl (C=O) groups excluding carboxylic acids is 4. The number of hydrogen-bond acceptors (Lipinski definition) is 6. The number of rotatable bonds is 7. The van der Waals surface area contributed by atoms with Crippen LogP contribution in [0.1, 0.15) is 49.3 Å². The number of hydrogen-bond donors (Lipinski definition) is 1. The van der Waals surface area contributed by atoms with Gasteiger partial charge in [0.15, 0.2) is 0 Å². The highest BCUT2D eigenvalue weighted by atomic mass is 16.5. The predicted molar refractivity (Wildman–Crippen MR) is 119 cm³/mol. The molecule has 166 valence electrons. The lowest BCUT2D eigenvalue weighted by atomic mass is 10.1. The molecule has 1 N–H and O–H groups in total. The third-order valence-electron chi connectivity index (χ3n) is 4.99. The van der Waals surface area contributed by atoms with Crippen LogP contribution in [0.15, 0.2) is 71.4 Å². The van der Waals surface area contributed by atoms with Gasteiger partial charge in [-0.2, -0.15) is 0 Å². The Labute approximate surface area is 189 Å². The Morgan fingerprint density at radius 3 is 2.48 bits per heavy atom. The maximum absolute atomic E-state index is 12.7. The summed E-state index contributed by atoms with van der Waals surface area (Å²) in [6, 6.07) is 14.6. The second kappa shape index (κ2) is 9.35. The molecule has 0 radical (unpaired) electrons. The van der Waals surface area contributed by atoms with Crippen LogP contribution in [0.25, 0.3) is 6.08 Å². The number of benzene rings is 2. The number of imide groups is 1. The van der Waals surface area contributed by atoms with Crippen LogP contribution in [-0.4, -0.2) is 35.2 Å². The molecule has 2 aromatic carbocycles. The summed E-state index contributed by atoms with van der Waals surface area (Å²) in [5.41, 5.74) is 1.98. The van der Waals surface area contributed by atoms with Gasteiger partial charge in [-0.05, 0) is 61.0 Å². The van der Waals surface area contributed by atoms with E-state index in [0.717, 1.165) is 10.5 Å². The smallest absolute Gasteiger partial charge is 0.330 e. The molecule has 3 amide bonds. The van der Waals surface area contributed by atoms with E-state index in [1.807, 2.05) is 0 Å². The van der Waals surface area contributed by atoms with E-state index < -0.39 is 23.7 Å². The minimum absolute atomic E-state index is 0.0256. The van der Waals surface area contributed by atoms with E-state index in [4.69, 9.17) is 9.15 Å². The van der Waals surface area contributed by atoms with Gasteiger partial charge in [0.2, 0.25) is 0 Å². The van der Waals surface area contributed by atoms with Crippen LogP contribution in [-0.2, 0) is 16.1 Å². The topological polar surface area (TPSA) is 106 Å². The summed E-state index contributed by atoms with van der Waals surface area (Å²) in [6.45, 7) is 2.06. The van der Waals surface area contributed by atoms with Crippen LogP contribution < -0.4 is 5.32 Å². The fourth-order valence-corrected chi connectivity index (χ4v) is 3.37. The van der Waals surface area contributed by atoms with E-state index in [1.165, 1.54) is 30.5 Å². The largest absolute Gasteiger partial charge is 0.467 e. The molecule has 0 aliphatic carbocycles. The molecular formula is C25H20N2O6.